The Hall–Kier alpha value is -2.82. The summed E-state index contributed by atoms with van der Waals surface area (Å²) in [6, 6.07) is 24.6. The highest BCUT2D eigenvalue weighted by Gasteiger charge is 2.13. The van der Waals surface area contributed by atoms with Crippen LogP contribution in [0.4, 0.5) is 0 Å². The van der Waals surface area contributed by atoms with Crippen LogP contribution in [0.25, 0.3) is 0 Å². The van der Waals surface area contributed by atoms with Gasteiger partial charge in [-0.15, -0.1) is 0 Å². The number of nitrogens with zero attached hydrogens (tertiary/aromatic N) is 1. The van der Waals surface area contributed by atoms with Gasteiger partial charge in [0.25, 0.3) is 0 Å². The molecule has 4 nitrogen and oxygen atoms in total. The summed E-state index contributed by atoms with van der Waals surface area (Å²) in [5.41, 5.74) is 4.52. The summed E-state index contributed by atoms with van der Waals surface area (Å²) < 4.78 is 11.4. The molecule has 0 fully saturated rings. The molecule has 0 bridgehead atoms. The molecule has 0 spiro atoms. The van der Waals surface area contributed by atoms with Crippen molar-refractivity contribution in [3.8, 4) is 11.5 Å². The monoisotopic (exact) mass is 405 g/mol. The number of aliphatic hydroxyl groups excluding tert-OH is 1. The summed E-state index contributed by atoms with van der Waals surface area (Å²) in [6.07, 6.45) is 0.0920. The molecule has 0 unspecified atom stereocenters. The minimum atomic E-state index is 0.0460. The van der Waals surface area contributed by atoms with Crippen molar-refractivity contribution >= 4 is 0 Å². The molecule has 4 heteroatoms. The molecular weight excluding hydrogens is 374 g/mol. The summed E-state index contributed by atoms with van der Waals surface area (Å²) in [6.45, 7) is 6.38. The van der Waals surface area contributed by atoms with Crippen molar-refractivity contribution in [2.75, 3.05) is 7.11 Å². The number of aliphatic hydroxyl groups is 1. The summed E-state index contributed by atoms with van der Waals surface area (Å²) >= 11 is 0. The van der Waals surface area contributed by atoms with Crippen LogP contribution in [0.2, 0.25) is 0 Å². The van der Waals surface area contributed by atoms with E-state index in [1.54, 1.807) is 7.11 Å². The molecule has 1 N–H and O–H groups in total. The second-order valence-corrected chi connectivity index (χ2v) is 7.71. The number of rotatable bonds is 10. The van der Waals surface area contributed by atoms with Crippen molar-refractivity contribution in [2.24, 2.45) is 0 Å². The number of benzene rings is 3. The molecule has 3 rings (SSSR count). The lowest BCUT2D eigenvalue weighted by molar-refractivity contribution is 0.228. The minimum absolute atomic E-state index is 0.0460. The van der Waals surface area contributed by atoms with Crippen LogP contribution in [0.1, 0.15) is 36.1 Å². The van der Waals surface area contributed by atoms with E-state index in [4.69, 9.17) is 9.47 Å². The van der Waals surface area contributed by atoms with Crippen LogP contribution >= 0.6 is 0 Å². The fourth-order valence-corrected chi connectivity index (χ4v) is 3.54. The highest BCUT2D eigenvalue weighted by atomic mass is 16.5. The van der Waals surface area contributed by atoms with Gasteiger partial charge in [-0.1, -0.05) is 60.7 Å². The van der Waals surface area contributed by atoms with Crippen molar-refractivity contribution < 1.29 is 14.6 Å². The van der Waals surface area contributed by atoms with Gasteiger partial charge in [-0.2, -0.15) is 0 Å². The normalized spacial score (nSPS) is 11.1. The van der Waals surface area contributed by atoms with Crippen molar-refractivity contribution in [3.05, 3.63) is 95.1 Å². The Morgan fingerprint density at radius 3 is 2.10 bits per heavy atom. The Labute approximate surface area is 179 Å². The predicted octanol–water partition coefficient (Wildman–Crippen LogP) is 5.18. The highest BCUT2D eigenvalue weighted by molar-refractivity contribution is 5.43. The molecule has 0 atom stereocenters. The number of methoxy groups -OCH3 is 1. The van der Waals surface area contributed by atoms with Gasteiger partial charge in [-0.05, 0) is 48.2 Å². The molecule has 0 aliphatic heterocycles. The highest BCUT2D eigenvalue weighted by Crippen LogP contribution is 2.30. The standard InChI is InChI=1S/C26H31NO3/c1-20(2)30-25-14-13-22(15-26(25)29-3)17-27(16-21-9-5-4-6-10-21)18-23-11-7-8-12-24(23)19-28/h4-15,20,28H,16-19H2,1-3H3. The average molecular weight is 406 g/mol. The van der Waals surface area contributed by atoms with Gasteiger partial charge in [0.15, 0.2) is 11.5 Å². The Morgan fingerprint density at radius 2 is 1.43 bits per heavy atom. The van der Waals surface area contributed by atoms with E-state index in [9.17, 15) is 5.11 Å². The van der Waals surface area contributed by atoms with Crippen molar-refractivity contribution in [3.63, 3.8) is 0 Å². The van der Waals surface area contributed by atoms with Gasteiger partial charge in [0.1, 0.15) is 0 Å². The van der Waals surface area contributed by atoms with Crippen molar-refractivity contribution in [1.82, 2.24) is 4.90 Å². The molecule has 0 amide bonds. The first-order chi connectivity index (χ1) is 14.6. The van der Waals surface area contributed by atoms with Crippen LogP contribution in [-0.4, -0.2) is 23.2 Å². The maximum atomic E-state index is 9.73. The first-order valence-corrected chi connectivity index (χ1v) is 10.4. The topological polar surface area (TPSA) is 41.9 Å². The number of hydrogen-bond donors (Lipinski definition) is 1. The first kappa shape index (κ1) is 21.9. The summed E-state index contributed by atoms with van der Waals surface area (Å²) in [7, 11) is 1.67. The molecular formula is C26H31NO3. The molecule has 0 saturated heterocycles. The van der Waals surface area contributed by atoms with E-state index in [0.717, 1.165) is 47.8 Å². The molecule has 0 aliphatic carbocycles. The lowest BCUT2D eigenvalue weighted by Gasteiger charge is -2.24. The lowest BCUT2D eigenvalue weighted by atomic mass is 10.1. The summed E-state index contributed by atoms with van der Waals surface area (Å²) in [5, 5.41) is 9.73. The quantitative estimate of drug-likeness (QED) is 0.505. The zero-order valence-corrected chi connectivity index (χ0v) is 18.0. The van der Waals surface area contributed by atoms with Gasteiger partial charge in [0.05, 0.1) is 19.8 Å². The molecule has 0 saturated carbocycles. The Balaban J connectivity index is 1.84. The molecule has 0 aliphatic rings. The van der Waals surface area contributed by atoms with Crippen LogP contribution in [-0.2, 0) is 26.2 Å². The van der Waals surface area contributed by atoms with Gasteiger partial charge < -0.3 is 14.6 Å². The van der Waals surface area contributed by atoms with Gasteiger partial charge in [-0.3, -0.25) is 4.90 Å². The molecule has 3 aromatic rings. The van der Waals surface area contributed by atoms with Crippen LogP contribution in [0, 0.1) is 0 Å². The minimum Gasteiger partial charge on any atom is -0.493 e. The molecule has 0 radical (unpaired) electrons. The Morgan fingerprint density at radius 1 is 0.767 bits per heavy atom. The van der Waals surface area contributed by atoms with Gasteiger partial charge in [0, 0.05) is 19.6 Å². The van der Waals surface area contributed by atoms with Crippen LogP contribution in [0.3, 0.4) is 0 Å². The maximum Gasteiger partial charge on any atom is 0.161 e. The van der Waals surface area contributed by atoms with E-state index >= 15 is 0 Å². The first-order valence-electron chi connectivity index (χ1n) is 10.4. The zero-order valence-electron chi connectivity index (χ0n) is 18.0. The maximum absolute atomic E-state index is 9.73. The second kappa shape index (κ2) is 10.8. The van der Waals surface area contributed by atoms with Crippen LogP contribution in [0.5, 0.6) is 11.5 Å². The predicted molar refractivity (Wildman–Crippen MR) is 121 cm³/mol. The van der Waals surface area contributed by atoms with E-state index < -0.39 is 0 Å². The smallest absolute Gasteiger partial charge is 0.161 e. The Kier molecular flexibility index (Phi) is 7.89. The fraction of sp³-hybridized carbons (Fsp3) is 0.308. The summed E-state index contributed by atoms with van der Waals surface area (Å²) in [5.74, 6) is 1.51. The van der Waals surface area contributed by atoms with Crippen LogP contribution in [0.15, 0.2) is 72.8 Å². The van der Waals surface area contributed by atoms with Crippen molar-refractivity contribution in [1.29, 1.82) is 0 Å². The van der Waals surface area contributed by atoms with Crippen molar-refractivity contribution in [2.45, 2.75) is 46.2 Å². The zero-order chi connectivity index (χ0) is 21.3. The van der Waals surface area contributed by atoms with Gasteiger partial charge in [0.2, 0.25) is 0 Å². The van der Waals surface area contributed by atoms with Gasteiger partial charge in [-0.25, -0.2) is 0 Å². The molecule has 0 aromatic heterocycles. The average Bonchev–Trinajstić information content (AvgIpc) is 2.75. The third-order valence-electron chi connectivity index (χ3n) is 4.93. The molecule has 3 aromatic carbocycles. The van der Waals surface area contributed by atoms with E-state index in [0.29, 0.717) is 0 Å². The van der Waals surface area contributed by atoms with E-state index in [2.05, 4.69) is 41.3 Å². The van der Waals surface area contributed by atoms with Gasteiger partial charge >= 0.3 is 0 Å². The fourth-order valence-electron chi connectivity index (χ4n) is 3.54. The third-order valence-corrected chi connectivity index (χ3v) is 4.93. The van der Waals surface area contributed by atoms with E-state index in [-0.39, 0.29) is 12.7 Å². The Bertz CT molecular complexity index is 925. The SMILES string of the molecule is COc1cc(CN(Cc2ccccc2)Cc2ccccc2CO)ccc1OC(C)C. The number of hydrogen-bond acceptors (Lipinski definition) is 4. The summed E-state index contributed by atoms with van der Waals surface area (Å²) in [4.78, 5) is 2.38. The lowest BCUT2D eigenvalue weighted by Crippen LogP contribution is -2.23. The molecule has 0 heterocycles. The van der Waals surface area contributed by atoms with E-state index in [1.165, 1.54) is 5.56 Å². The second-order valence-electron chi connectivity index (χ2n) is 7.71. The third kappa shape index (κ3) is 6.09. The van der Waals surface area contributed by atoms with E-state index in [1.807, 2.05) is 50.2 Å². The van der Waals surface area contributed by atoms with Crippen LogP contribution < -0.4 is 9.47 Å². The number of ether oxygens (including phenoxy) is 2. The molecule has 158 valence electrons. The molecule has 30 heavy (non-hydrogen) atoms. The largest absolute Gasteiger partial charge is 0.493 e.